The number of rotatable bonds is 5. The van der Waals surface area contributed by atoms with E-state index >= 15 is 0 Å². The van der Waals surface area contributed by atoms with E-state index in [1.165, 1.54) is 0 Å². The van der Waals surface area contributed by atoms with E-state index in [0.717, 1.165) is 16.6 Å². The molecule has 0 aliphatic carbocycles. The maximum Gasteiger partial charge on any atom is 0.410 e. The number of nitrogens with zero attached hydrogens (tertiary/aromatic N) is 4. The Bertz CT molecular complexity index is 1270. The molecule has 3 aromatic rings. The molecule has 1 atom stereocenters. The molecule has 4 rings (SSSR count). The molecule has 0 bridgehead atoms. The van der Waals surface area contributed by atoms with Gasteiger partial charge in [0, 0.05) is 33.2 Å². The van der Waals surface area contributed by atoms with Gasteiger partial charge in [-0.2, -0.15) is 0 Å². The van der Waals surface area contributed by atoms with Gasteiger partial charge in [0.05, 0.1) is 17.1 Å². The minimum Gasteiger partial charge on any atom is -0.445 e. The average Bonchev–Trinajstić information content (AvgIpc) is 3.10. The number of aromatic nitrogens is 2. The van der Waals surface area contributed by atoms with E-state index in [4.69, 9.17) is 9.47 Å². The molecule has 2 amide bonds. The van der Waals surface area contributed by atoms with Crippen molar-refractivity contribution in [1.29, 1.82) is 0 Å². The van der Waals surface area contributed by atoms with Gasteiger partial charge in [0.1, 0.15) is 12.2 Å². The van der Waals surface area contributed by atoms with E-state index in [1.54, 1.807) is 26.0 Å². The van der Waals surface area contributed by atoms with E-state index < -0.39 is 17.8 Å². The second-order valence-electron chi connectivity index (χ2n) is 10.1. The monoisotopic (exact) mass is 494 g/mol. The van der Waals surface area contributed by atoms with Crippen molar-refractivity contribution in [3.63, 3.8) is 0 Å². The van der Waals surface area contributed by atoms with Crippen LogP contribution in [-0.4, -0.2) is 62.4 Å². The van der Waals surface area contributed by atoms with E-state index in [1.807, 2.05) is 75.4 Å². The van der Waals surface area contributed by atoms with Crippen LogP contribution in [0.25, 0.3) is 11.0 Å². The Morgan fingerprint density at radius 1 is 0.944 bits per heavy atom. The first-order valence-electron chi connectivity index (χ1n) is 12.2. The van der Waals surface area contributed by atoms with Gasteiger partial charge in [-0.25, -0.2) is 14.4 Å². The number of ether oxygens (including phenoxy) is 2. The Kier molecular flexibility index (Phi) is 7.37. The van der Waals surface area contributed by atoms with Crippen molar-refractivity contribution in [2.24, 2.45) is 7.05 Å². The number of amides is 2. The smallest absolute Gasteiger partial charge is 0.410 e. The lowest BCUT2D eigenvalue weighted by atomic mass is 10.1. The van der Waals surface area contributed by atoms with Crippen LogP contribution in [0, 0.1) is 0 Å². The summed E-state index contributed by atoms with van der Waals surface area (Å²) in [5.41, 5.74) is 1.84. The van der Waals surface area contributed by atoms with Gasteiger partial charge in [-0.05, 0) is 44.9 Å². The van der Waals surface area contributed by atoms with Crippen molar-refractivity contribution in [2.75, 3.05) is 19.6 Å². The third-order valence-corrected chi connectivity index (χ3v) is 6.31. The summed E-state index contributed by atoms with van der Waals surface area (Å²) in [6.07, 6.45) is -0.361. The van der Waals surface area contributed by atoms with Gasteiger partial charge in [0.2, 0.25) is 0 Å². The predicted octanol–water partition coefficient (Wildman–Crippen LogP) is 3.99. The fourth-order valence-electron chi connectivity index (χ4n) is 4.50. The van der Waals surface area contributed by atoms with Gasteiger partial charge in [0.25, 0.3) is 0 Å². The highest BCUT2D eigenvalue weighted by Gasteiger charge is 2.35. The molecule has 192 valence electrons. The van der Waals surface area contributed by atoms with E-state index in [9.17, 15) is 14.4 Å². The van der Waals surface area contributed by atoms with Gasteiger partial charge in [0.15, 0.2) is 0 Å². The summed E-state index contributed by atoms with van der Waals surface area (Å²) in [6, 6.07) is 16.8. The van der Waals surface area contributed by atoms with Crippen molar-refractivity contribution >= 4 is 23.2 Å². The summed E-state index contributed by atoms with van der Waals surface area (Å²) in [6.45, 7) is 7.03. The second-order valence-corrected chi connectivity index (χ2v) is 10.1. The average molecular weight is 495 g/mol. The van der Waals surface area contributed by atoms with Crippen LogP contribution in [0.15, 0.2) is 59.4 Å². The summed E-state index contributed by atoms with van der Waals surface area (Å²) in [5, 5.41) is 0. The molecule has 36 heavy (non-hydrogen) atoms. The van der Waals surface area contributed by atoms with Crippen molar-refractivity contribution in [3.05, 3.63) is 70.6 Å². The summed E-state index contributed by atoms with van der Waals surface area (Å²) in [4.78, 5) is 42.0. The molecule has 1 fully saturated rings. The third-order valence-electron chi connectivity index (χ3n) is 6.31. The van der Waals surface area contributed by atoms with E-state index in [-0.39, 0.29) is 18.3 Å². The van der Waals surface area contributed by atoms with Crippen LogP contribution in [0.2, 0.25) is 0 Å². The largest absolute Gasteiger partial charge is 0.445 e. The number of carbonyl (C=O) groups is 2. The lowest BCUT2D eigenvalue weighted by molar-refractivity contribution is -0.00499. The zero-order valence-corrected chi connectivity index (χ0v) is 21.3. The standard InChI is InChI=1S/C27H34N4O5/c1-27(2,3)36-26(34)30-17-16-29(25(33)35-19-20-10-6-5-7-11-20)18-21(30)14-15-31-23-13-9-8-12-22(23)28(4)24(31)32/h5-13,21H,14-19H2,1-4H3/t21-/m1/s1. The highest BCUT2D eigenvalue weighted by atomic mass is 16.6. The predicted molar refractivity (Wildman–Crippen MR) is 137 cm³/mol. The number of para-hydroxylation sites is 2. The molecule has 9 nitrogen and oxygen atoms in total. The topological polar surface area (TPSA) is 86.0 Å². The van der Waals surface area contributed by atoms with E-state index in [0.29, 0.717) is 32.6 Å². The van der Waals surface area contributed by atoms with Crippen LogP contribution in [0.1, 0.15) is 32.8 Å². The molecule has 1 aliphatic heterocycles. The molecule has 2 heterocycles. The zero-order valence-electron chi connectivity index (χ0n) is 21.3. The number of hydrogen-bond acceptors (Lipinski definition) is 5. The number of imidazole rings is 1. The number of hydrogen-bond donors (Lipinski definition) is 0. The van der Waals surface area contributed by atoms with Crippen LogP contribution < -0.4 is 5.69 Å². The third kappa shape index (κ3) is 5.72. The molecule has 0 unspecified atom stereocenters. The molecule has 9 heteroatoms. The number of carbonyl (C=O) groups excluding carboxylic acids is 2. The van der Waals surface area contributed by atoms with Crippen molar-refractivity contribution in [1.82, 2.24) is 18.9 Å². The molecular weight excluding hydrogens is 460 g/mol. The maximum absolute atomic E-state index is 13.0. The van der Waals surface area contributed by atoms with Gasteiger partial charge < -0.3 is 19.3 Å². The van der Waals surface area contributed by atoms with Crippen LogP contribution in [0.4, 0.5) is 9.59 Å². The Hall–Kier alpha value is -3.75. The minimum atomic E-state index is -0.639. The normalized spacial score (nSPS) is 16.3. The van der Waals surface area contributed by atoms with Crippen LogP contribution in [0.3, 0.4) is 0 Å². The molecule has 2 aromatic carbocycles. The van der Waals surface area contributed by atoms with Crippen molar-refractivity contribution in [2.45, 2.75) is 52.0 Å². The van der Waals surface area contributed by atoms with Gasteiger partial charge in [-0.15, -0.1) is 0 Å². The molecule has 1 aromatic heterocycles. The quantitative estimate of drug-likeness (QED) is 0.535. The van der Waals surface area contributed by atoms with E-state index in [2.05, 4.69) is 0 Å². The SMILES string of the molecule is Cn1c(=O)n(CC[C@@H]2CN(C(=O)OCc3ccccc3)CCN2C(=O)OC(C)(C)C)c2ccccc21. The van der Waals surface area contributed by atoms with Gasteiger partial charge >= 0.3 is 17.9 Å². The van der Waals surface area contributed by atoms with Crippen molar-refractivity contribution < 1.29 is 19.1 Å². The first-order chi connectivity index (χ1) is 17.1. The van der Waals surface area contributed by atoms with Gasteiger partial charge in [-0.1, -0.05) is 42.5 Å². The van der Waals surface area contributed by atoms with Crippen molar-refractivity contribution in [3.8, 4) is 0 Å². The molecule has 0 saturated carbocycles. The maximum atomic E-state index is 13.0. The molecule has 0 N–H and O–H groups in total. The number of piperazine rings is 1. The molecule has 0 radical (unpaired) electrons. The fraction of sp³-hybridized carbons (Fsp3) is 0.444. The molecule has 1 saturated heterocycles. The Morgan fingerprint density at radius 2 is 1.61 bits per heavy atom. The summed E-state index contributed by atoms with van der Waals surface area (Å²) >= 11 is 0. The lowest BCUT2D eigenvalue weighted by Crippen LogP contribution is -2.57. The Morgan fingerprint density at radius 3 is 2.31 bits per heavy atom. The highest BCUT2D eigenvalue weighted by molar-refractivity contribution is 5.76. The van der Waals surface area contributed by atoms with Crippen LogP contribution in [0.5, 0.6) is 0 Å². The first-order valence-corrected chi connectivity index (χ1v) is 12.2. The lowest BCUT2D eigenvalue weighted by Gasteiger charge is -2.41. The van der Waals surface area contributed by atoms with Crippen LogP contribution >= 0.6 is 0 Å². The Labute approximate surface area is 210 Å². The minimum absolute atomic E-state index is 0.116. The molecule has 0 spiro atoms. The highest BCUT2D eigenvalue weighted by Crippen LogP contribution is 2.20. The summed E-state index contributed by atoms with van der Waals surface area (Å²) in [5.74, 6) is 0. The fourth-order valence-corrected chi connectivity index (χ4v) is 4.50. The zero-order chi connectivity index (χ0) is 25.9. The van der Waals surface area contributed by atoms with Gasteiger partial charge in [-0.3, -0.25) is 9.13 Å². The number of fused-ring (bicyclic) bond motifs is 1. The van der Waals surface area contributed by atoms with Crippen LogP contribution in [-0.2, 0) is 29.7 Å². The number of benzene rings is 2. The summed E-state index contributed by atoms with van der Waals surface area (Å²) in [7, 11) is 1.75. The second kappa shape index (κ2) is 10.5. The Balaban J connectivity index is 1.50. The molecule has 1 aliphatic rings. The number of aryl methyl sites for hydroxylation is 2. The molecular formula is C27H34N4O5. The summed E-state index contributed by atoms with van der Waals surface area (Å²) < 4.78 is 14.5. The first kappa shape index (κ1) is 25.3.